The van der Waals surface area contributed by atoms with Gasteiger partial charge in [0.05, 0.1) is 17.5 Å². The largest absolute Gasteiger partial charge is 0.480 e. The first-order valence-electron chi connectivity index (χ1n) is 13.3. The molecular formula is C30H34FN3O5S. The third-order valence-corrected chi connectivity index (χ3v) is 8.72. The van der Waals surface area contributed by atoms with E-state index in [0.29, 0.717) is 32.2 Å². The molecule has 0 unspecified atom stereocenters. The van der Waals surface area contributed by atoms with Crippen molar-refractivity contribution < 1.29 is 27.5 Å². The molecule has 1 amide bonds. The van der Waals surface area contributed by atoms with Gasteiger partial charge in [0.1, 0.15) is 5.82 Å². The van der Waals surface area contributed by atoms with Crippen molar-refractivity contribution in [3.05, 3.63) is 89.7 Å². The Hall–Kier alpha value is -3.60. The van der Waals surface area contributed by atoms with Crippen molar-refractivity contribution in [1.29, 1.82) is 0 Å². The molecule has 0 aliphatic heterocycles. The highest BCUT2D eigenvalue weighted by Crippen LogP contribution is 2.28. The van der Waals surface area contributed by atoms with Crippen LogP contribution in [0.3, 0.4) is 0 Å². The highest BCUT2D eigenvalue weighted by atomic mass is 32.2. The zero-order valence-electron chi connectivity index (χ0n) is 22.3. The van der Waals surface area contributed by atoms with Gasteiger partial charge >= 0.3 is 5.97 Å². The van der Waals surface area contributed by atoms with Gasteiger partial charge in [0.2, 0.25) is 15.9 Å². The van der Waals surface area contributed by atoms with Gasteiger partial charge in [0, 0.05) is 18.5 Å². The lowest BCUT2D eigenvalue weighted by Crippen LogP contribution is -2.41. The molecule has 212 valence electrons. The Labute approximate surface area is 234 Å². The van der Waals surface area contributed by atoms with Gasteiger partial charge in [-0.25, -0.2) is 17.5 Å². The van der Waals surface area contributed by atoms with Crippen LogP contribution < -0.4 is 15.4 Å². The van der Waals surface area contributed by atoms with Gasteiger partial charge in [-0.1, -0.05) is 42.5 Å². The van der Waals surface area contributed by atoms with E-state index in [2.05, 4.69) is 15.4 Å². The van der Waals surface area contributed by atoms with Gasteiger partial charge in [-0.3, -0.25) is 9.59 Å². The van der Waals surface area contributed by atoms with E-state index in [1.54, 1.807) is 36.4 Å². The van der Waals surface area contributed by atoms with E-state index in [-0.39, 0.29) is 41.2 Å². The van der Waals surface area contributed by atoms with E-state index >= 15 is 0 Å². The summed E-state index contributed by atoms with van der Waals surface area (Å²) in [5.74, 6) is -1.52. The average Bonchev–Trinajstić information content (AvgIpc) is 2.93. The van der Waals surface area contributed by atoms with E-state index < -0.39 is 16.0 Å². The van der Waals surface area contributed by atoms with Gasteiger partial charge in [-0.2, -0.15) is 0 Å². The Balaban J connectivity index is 1.29. The number of nitrogens with one attached hydrogen (secondary N) is 3. The van der Waals surface area contributed by atoms with Crippen molar-refractivity contribution in [3.8, 4) is 11.1 Å². The summed E-state index contributed by atoms with van der Waals surface area (Å²) >= 11 is 0. The summed E-state index contributed by atoms with van der Waals surface area (Å²) in [5.41, 5.74) is 3.49. The molecule has 1 saturated carbocycles. The number of halogens is 1. The van der Waals surface area contributed by atoms with Crippen LogP contribution in [-0.4, -0.2) is 38.0 Å². The van der Waals surface area contributed by atoms with E-state index in [9.17, 15) is 22.4 Å². The van der Waals surface area contributed by atoms with Crippen LogP contribution in [0.2, 0.25) is 0 Å². The molecule has 0 aromatic heterocycles. The maximum Gasteiger partial charge on any atom is 0.317 e. The number of hydrogen-bond acceptors (Lipinski definition) is 5. The number of amides is 1. The van der Waals surface area contributed by atoms with Gasteiger partial charge in [-0.05, 0) is 85.2 Å². The lowest BCUT2D eigenvalue weighted by molar-refractivity contribution is -0.136. The maximum atomic E-state index is 13.2. The Morgan fingerprint density at radius 1 is 0.950 bits per heavy atom. The Morgan fingerprint density at radius 2 is 1.62 bits per heavy atom. The Bertz CT molecular complexity index is 1420. The number of benzene rings is 3. The zero-order valence-corrected chi connectivity index (χ0v) is 23.1. The highest BCUT2D eigenvalue weighted by Gasteiger charge is 2.29. The number of rotatable bonds is 11. The second-order valence-electron chi connectivity index (χ2n) is 10.2. The van der Waals surface area contributed by atoms with Crippen LogP contribution in [0.25, 0.3) is 11.1 Å². The van der Waals surface area contributed by atoms with Crippen LogP contribution in [0, 0.1) is 11.7 Å². The fraction of sp³-hybridized carbons (Fsp3) is 0.333. The molecule has 0 bridgehead atoms. The molecule has 4 N–H and O–H groups in total. The molecule has 0 radical (unpaired) electrons. The topological polar surface area (TPSA) is 125 Å². The SMILES string of the molecule is C[C@@H](NC(=O)[C@H]1CC[C@H](NS(=O)(=O)c2ccc(-c3cccc(CNCC(=O)O)c3)cc2)CC1)c1ccc(F)cc1. The Morgan fingerprint density at radius 3 is 2.27 bits per heavy atom. The number of sulfonamides is 1. The van der Waals surface area contributed by atoms with Crippen molar-refractivity contribution in [2.45, 2.75) is 56.1 Å². The molecular weight excluding hydrogens is 533 g/mol. The van der Waals surface area contributed by atoms with Gasteiger partial charge < -0.3 is 15.7 Å². The fourth-order valence-electron chi connectivity index (χ4n) is 4.93. The summed E-state index contributed by atoms with van der Waals surface area (Å²) in [6.07, 6.45) is 2.27. The summed E-state index contributed by atoms with van der Waals surface area (Å²) in [6.45, 7) is 2.13. The van der Waals surface area contributed by atoms with Crippen molar-refractivity contribution in [2.24, 2.45) is 5.92 Å². The molecule has 0 saturated heterocycles. The van der Waals surface area contributed by atoms with Crippen LogP contribution in [-0.2, 0) is 26.2 Å². The molecule has 3 aromatic carbocycles. The third kappa shape index (κ3) is 7.97. The van der Waals surface area contributed by atoms with Crippen molar-refractivity contribution in [2.75, 3.05) is 6.54 Å². The normalized spacial score (nSPS) is 18.1. The first-order chi connectivity index (χ1) is 19.1. The molecule has 4 rings (SSSR count). The number of carboxylic acids is 1. The van der Waals surface area contributed by atoms with Crippen LogP contribution in [0.4, 0.5) is 4.39 Å². The van der Waals surface area contributed by atoms with Crippen LogP contribution in [0.5, 0.6) is 0 Å². The lowest BCUT2D eigenvalue weighted by Gasteiger charge is -2.29. The van der Waals surface area contributed by atoms with E-state index in [1.165, 1.54) is 12.1 Å². The minimum Gasteiger partial charge on any atom is -0.480 e. The first kappa shape index (κ1) is 29.4. The molecule has 1 atom stereocenters. The third-order valence-electron chi connectivity index (χ3n) is 7.18. The van der Waals surface area contributed by atoms with Crippen molar-refractivity contribution >= 4 is 21.9 Å². The number of carboxylic acid groups (broad SMARTS) is 1. The fourth-order valence-corrected chi connectivity index (χ4v) is 6.23. The number of aliphatic carboxylic acids is 1. The quantitative estimate of drug-likeness (QED) is 0.273. The van der Waals surface area contributed by atoms with Crippen LogP contribution in [0.15, 0.2) is 77.7 Å². The molecule has 1 fully saturated rings. The summed E-state index contributed by atoms with van der Waals surface area (Å²) in [6, 6.07) is 19.8. The van der Waals surface area contributed by atoms with Gasteiger partial charge in [0.25, 0.3) is 0 Å². The zero-order chi connectivity index (χ0) is 28.7. The predicted octanol–water partition coefficient (Wildman–Crippen LogP) is 4.38. The summed E-state index contributed by atoms with van der Waals surface area (Å²) in [4.78, 5) is 23.6. The van der Waals surface area contributed by atoms with Gasteiger partial charge in [-0.15, -0.1) is 0 Å². The second kappa shape index (κ2) is 13.2. The van der Waals surface area contributed by atoms with E-state index in [4.69, 9.17) is 5.11 Å². The number of carbonyl (C=O) groups is 2. The minimum absolute atomic E-state index is 0.0737. The smallest absolute Gasteiger partial charge is 0.317 e. The van der Waals surface area contributed by atoms with Gasteiger partial charge in [0.15, 0.2) is 0 Å². The van der Waals surface area contributed by atoms with Crippen molar-refractivity contribution in [1.82, 2.24) is 15.4 Å². The van der Waals surface area contributed by atoms with Crippen molar-refractivity contribution in [3.63, 3.8) is 0 Å². The first-order valence-corrected chi connectivity index (χ1v) is 14.8. The Kier molecular flexibility index (Phi) is 9.67. The molecule has 3 aromatic rings. The minimum atomic E-state index is -3.73. The van der Waals surface area contributed by atoms with Crippen LogP contribution >= 0.6 is 0 Å². The molecule has 1 aliphatic carbocycles. The molecule has 0 heterocycles. The van der Waals surface area contributed by atoms with E-state index in [1.807, 2.05) is 31.2 Å². The average molecular weight is 568 g/mol. The van der Waals surface area contributed by atoms with E-state index in [0.717, 1.165) is 22.3 Å². The predicted molar refractivity (Wildman–Crippen MR) is 150 cm³/mol. The molecule has 8 nitrogen and oxygen atoms in total. The summed E-state index contributed by atoms with van der Waals surface area (Å²) < 4.78 is 42.0. The monoisotopic (exact) mass is 567 g/mol. The second-order valence-corrected chi connectivity index (χ2v) is 11.9. The standard InChI is InChI=1S/C30H34FN3O5S/c1-20(22-5-11-26(31)12-6-22)33-30(37)24-7-13-27(14-8-24)34-40(38,39)28-15-9-23(10-16-28)25-4-2-3-21(17-25)18-32-19-29(35)36/h2-6,9-12,15-17,20,24,27,32,34H,7-8,13-14,18-19H2,1H3,(H,33,37)(H,35,36)/t20-,24-,27-/m1/s1. The number of hydrogen-bond donors (Lipinski definition) is 4. The molecule has 0 spiro atoms. The highest BCUT2D eigenvalue weighted by molar-refractivity contribution is 7.89. The maximum absolute atomic E-state index is 13.2. The lowest BCUT2D eigenvalue weighted by atomic mass is 9.85. The number of carbonyl (C=O) groups excluding carboxylic acids is 1. The summed E-state index contributed by atoms with van der Waals surface area (Å²) in [5, 5.41) is 14.6. The molecule has 10 heteroatoms. The molecule has 1 aliphatic rings. The molecule has 40 heavy (non-hydrogen) atoms. The summed E-state index contributed by atoms with van der Waals surface area (Å²) in [7, 11) is -3.73. The van der Waals surface area contributed by atoms with Crippen LogP contribution in [0.1, 0.15) is 49.8 Å².